The Labute approximate surface area is 257 Å². The lowest BCUT2D eigenvalue weighted by atomic mass is 9.89. The maximum atomic E-state index is 13.3. The van der Waals surface area contributed by atoms with Gasteiger partial charge in [0.25, 0.3) is 14.0 Å². The second-order valence-corrected chi connectivity index (χ2v) is 24.1. The van der Waals surface area contributed by atoms with Crippen LogP contribution in [-0.2, 0) is 22.6 Å². The van der Waals surface area contributed by atoms with Crippen molar-refractivity contribution in [2.24, 2.45) is 0 Å². The lowest BCUT2D eigenvalue weighted by Gasteiger charge is -2.39. The van der Waals surface area contributed by atoms with Crippen molar-refractivity contribution in [3.63, 3.8) is 0 Å². The Morgan fingerprint density at radius 1 is 1.12 bits per heavy atom. The van der Waals surface area contributed by atoms with Crippen molar-refractivity contribution in [1.29, 1.82) is 0 Å². The molecule has 1 atom stereocenters. The van der Waals surface area contributed by atoms with Crippen LogP contribution in [0.1, 0.15) is 49.9 Å². The zero-order chi connectivity index (χ0) is 32.2. The molecule has 1 heterocycles. The Balaban J connectivity index is 2.06. The Kier molecular flexibility index (Phi) is 10.7. The number of carbonyl (C=O) groups excluding carboxylic acids is 2. The van der Waals surface area contributed by atoms with Gasteiger partial charge in [-0.25, -0.2) is 4.79 Å². The molecule has 9 nitrogen and oxygen atoms in total. The molecule has 0 spiro atoms. The van der Waals surface area contributed by atoms with Gasteiger partial charge in [-0.3, -0.25) is 14.9 Å². The van der Waals surface area contributed by atoms with Crippen LogP contribution in [0, 0.1) is 10.1 Å². The molecule has 1 aliphatic rings. The van der Waals surface area contributed by atoms with E-state index in [-0.39, 0.29) is 29.5 Å². The van der Waals surface area contributed by atoms with Gasteiger partial charge in [0.15, 0.2) is 11.5 Å². The Morgan fingerprint density at radius 3 is 2.40 bits per heavy atom. The molecule has 1 amide bonds. The first-order chi connectivity index (χ1) is 19.9. The first-order valence-corrected chi connectivity index (χ1v) is 21.3. The molecule has 0 radical (unpaired) electrons. The van der Waals surface area contributed by atoms with E-state index in [0.717, 1.165) is 17.2 Å². The van der Waals surface area contributed by atoms with E-state index in [1.807, 2.05) is 12.1 Å². The molecule has 234 valence electrons. The number of nitro benzene ring substituents is 1. The van der Waals surface area contributed by atoms with Gasteiger partial charge in [0.05, 0.1) is 23.1 Å². The predicted molar refractivity (Wildman–Crippen MR) is 174 cm³/mol. The van der Waals surface area contributed by atoms with Crippen LogP contribution in [0.15, 0.2) is 49.1 Å². The zero-order valence-corrected chi connectivity index (χ0v) is 28.8. The van der Waals surface area contributed by atoms with Crippen LogP contribution in [0.2, 0.25) is 43.8 Å². The lowest BCUT2D eigenvalue weighted by molar-refractivity contribution is -0.385. The zero-order valence-electron chi connectivity index (χ0n) is 26.8. The fraction of sp³-hybridized carbons (Fsp3) is 0.500. The molecular weight excluding hydrogens is 581 g/mol. The second-order valence-electron chi connectivity index (χ2n) is 13.8. The normalized spacial score (nSPS) is 15.3. The van der Waals surface area contributed by atoms with E-state index in [1.54, 1.807) is 23.1 Å². The molecule has 2 aromatic rings. The van der Waals surface area contributed by atoms with Crippen molar-refractivity contribution in [3.8, 4) is 11.5 Å². The van der Waals surface area contributed by atoms with Crippen molar-refractivity contribution in [3.05, 3.63) is 75.9 Å². The summed E-state index contributed by atoms with van der Waals surface area (Å²) in [5, 5.41) is 11.5. The molecular formula is C32H46N2O7Si2. The fourth-order valence-electron chi connectivity index (χ4n) is 4.54. The van der Waals surface area contributed by atoms with Crippen molar-refractivity contribution < 1.29 is 28.4 Å². The topological polar surface area (TPSA) is 108 Å². The lowest BCUT2D eigenvalue weighted by Crippen LogP contribution is -2.44. The second kappa shape index (κ2) is 13.5. The number of allylic oxidation sites excluding steroid dienone is 1. The summed E-state index contributed by atoms with van der Waals surface area (Å²) in [4.78, 5) is 38.8. The molecule has 1 unspecified atom stereocenters. The number of amides is 1. The molecule has 0 aromatic heterocycles. The largest absolute Gasteiger partial charge is 0.541 e. The number of rotatable bonds is 12. The number of hydrogen-bond acceptors (Lipinski definition) is 7. The van der Waals surface area contributed by atoms with Gasteiger partial charge < -0.3 is 18.8 Å². The average Bonchev–Trinajstić information content (AvgIpc) is 2.90. The third-order valence-electron chi connectivity index (χ3n) is 8.24. The van der Waals surface area contributed by atoms with Gasteiger partial charge in [0.1, 0.15) is 12.4 Å². The Bertz CT molecular complexity index is 1360. The molecule has 0 saturated heterocycles. The minimum atomic E-state index is -2.31. The van der Waals surface area contributed by atoms with Gasteiger partial charge in [-0.2, -0.15) is 0 Å². The molecule has 0 aliphatic carbocycles. The monoisotopic (exact) mass is 626 g/mol. The van der Waals surface area contributed by atoms with Gasteiger partial charge >= 0.3 is 6.09 Å². The van der Waals surface area contributed by atoms with Gasteiger partial charge in [0.2, 0.25) is 0 Å². The first kappa shape index (κ1) is 34.0. The standard InChI is InChI=1S/C32H46N2O7Si2/c1-10-25(35)20-28-26-21-29(40-22-24-13-11-12-14-27(24)34(37)38)30(41-43(8,9)32(2,3)4)19-23(26)15-16-33(28)31(36)39-17-18-42(5,6)7/h10-14,19,21,28H,1,15-18,20,22H2,2-9H3. The molecule has 3 rings (SSSR count). The number of hydrogen-bond donors (Lipinski definition) is 0. The maximum absolute atomic E-state index is 13.3. The van der Waals surface area contributed by atoms with Crippen molar-refractivity contribution in [1.82, 2.24) is 4.90 Å². The highest BCUT2D eigenvalue weighted by molar-refractivity contribution is 6.76. The highest BCUT2D eigenvalue weighted by Gasteiger charge is 2.41. The van der Waals surface area contributed by atoms with Crippen molar-refractivity contribution in [2.45, 2.75) is 90.1 Å². The highest BCUT2D eigenvalue weighted by Crippen LogP contribution is 2.44. The number of fused-ring (bicyclic) bond motifs is 1. The van der Waals surface area contributed by atoms with Crippen molar-refractivity contribution >= 4 is 34.0 Å². The average molecular weight is 627 g/mol. The summed E-state index contributed by atoms with van der Waals surface area (Å²) in [6.45, 7) is 21.7. The molecule has 0 fully saturated rings. The molecule has 43 heavy (non-hydrogen) atoms. The number of para-hydroxylation sites is 1. The van der Waals surface area contributed by atoms with E-state index in [9.17, 15) is 19.7 Å². The van der Waals surface area contributed by atoms with Crippen LogP contribution in [0.4, 0.5) is 10.5 Å². The maximum Gasteiger partial charge on any atom is 0.410 e. The van der Waals surface area contributed by atoms with E-state index >= 15 is 0 Å². The van der Waals surface area contributed by atoms with Crippen LogP contribution < -0.4 is 9.16 Å². The van der Waals surface area contributed by atoms with E-state index in [4.69, 9.17) is 13.9 Å². The van der Waals surface area contributed by atoms with Gasteiger partial charge in [-0.15, -0.1) is 0 Å². The van der Waals surface area contributed by atoms with Gasteiger partial charge in [-0.1, -0.05) is 59.1 Å². The number of ether oxygens (including phenoxy) is 2. The molecule has 1 aliphatic heterocycles. The van der Waals surface area contributed by atoms with E-state index in [1.165, 1.54) is 12.1 Å². The number of nitrogens with zero attached hydrogens (tertiary/aromatic N) is 2. The minimum absolute atomic E-state index is 0.0333. The summed E-state index contributed by atoms with van der Waals surface area (Å²) >= 11 is 0. The van der Waals surface area contributed by atoms with Crippen LogP contribution in [0.5, 0.6) is 11.5 Å². The number of carbonyl (C=O) groups is 2. The van der Waals surface area contributed by atoms with E-state index < -0.39 is 33.4 Å². The van der Waals surface area contributed by atoms with Crippen LogP contribution in [0.25, 0.3) is 0 Å². The summed E-state index contributed by atoms with van der Waals surface area (Å²) in [5.41, 5.74) is 2.12. The van der Waals surface area contributed by atoms with E-state index in [0.29, 0.717) is 36.6 Å². The summed E-state index contributed by atoms with van der Waals surface area (Å²) in [5.74, 6) is 0.775. The smallest absolute Gasteiger partial charge is 0.410 e. The third-order valence-corrected chi connectivity index (χ3v) is 14.3. The van der Waals surface area contributed by atoms with Crippen LogP contribution in [-0.4, -0.2) is 51.2 Å². The number of ketones is 1. The van der Waals surface area contributed by atoms with Crippen molar-refractivity contribution in [2.75, 3.05) is 13.2 Å². The van der Waals surface area contributed by atoms with Gasteiger partial charge in [-0.05, 0) is 66.0 Å². The summed E-state index contributed by atoms with van der Waals surface area (Å²) in [6.07, 6.45) is 1.42. The summed E-state index contributed by atoms with van der Waals surface area (Å²) < 4.78 is 18.7. The van der Waals surface area contributed by atoms with Crippen LogP contribution in [0.3, 0.4) is 0 Å². The SMILES string of the molecule is C=CC(=O)CC1c2cc(OCc3ccccc3[N+](=O)[O-])c(O[Si](C)(C)C(C)(C)C)cc2CCN1C(=O)OCC[Si](C)(C)C. The predicted octanol–water partition coefficient (Wildman–Crippen LogP) is 8.08. The highest BCUT2D eigenvalue weighted by atomic mass is 28.4. The van der Waals surface area contributed by atoms with E-state index in [2.05, 4.69) is 60.1 Å². The Morgan fingerprint density at radius 2 is 1.79 bits per heavy atom. The number of nitro groups is 1. The molecule has 11 heteroatoms. The molecule has 2 aromatic carbocycles. The van der Waals surface area contributed by atoms with Crippen LogP contribution >= 0.6 is 0 Å². The molecule has 0 N–H and O–H groups in total. The number of benzene rings is 2. The fourth-order valence-corrected chi connectivity index (χ4v) is 6.27. The Hall–Kier alpha value is -3.45. The third kappa shape index (κ3) is 8.79. The minimum Gasteiger partial charge on any atom is -0.541 e. The summed E-state index contributed by atoms with van der Waals surface area (Å²) in [6, 6.07) is 10.5. The quantitative estimate of drug-likeness (QED) is 0.101. The first-order valence-electron chi connectivity index (χ1n) is 14.7. The van der Waals surface area contributed by atoms with Gasteiger partial charge in [0, 0.05) is 27.1 Å². The molecule has 0 saturated carbocycles. The molecule has 0 bridgehead atoms. The summed E-state index contributed by atoms with van der Waals surface area (Å²) in [7, 11) is -3.72.